The van der Waals surface area contributed by atoms with Crippen LogP contribution in [-0.2, 0) is 4.79 Å². The number of amides is 1. The number of likely N-dealkylation sites (tertiary alicyclic amines) is 1. The molecule has 76 valence electrons. The molecule has 1 aliphatic rings. The van der Waals surface area contributed by atoms with Crippen molar-refractivity contribution in [2.24, 2.45) is 5.92 Å². The molecular formula is C10H20N2O. The Morgan fingerprint density at radius 3 is 2.77 bits per heavy atom. The average Bonchev–Trinajstić information content (AvgIpc) is 2.33. The monoisotopic (exact) mass is 184 g/mol. The van der Waals surface area contributed by atoms with Crippen LogP contribution in [0.1, 0.15) is 26.7 Å². The van der Waals surface area contributed by atoms with Crippen molar-refractivity contribution in [1.82, 2.24) is 10.2 Å². The van der Waals surface area contributed by atoms with Crippen LogP contribution in [0.2, 0.25) is 0 Å². The Hall–Kier alpha value is -0.570. The van der Waals surface area contributed by atoms with Crippen molar-refractivity contribution >= 4 is 5.91 Å². The van der Waals surface area contributed by atoms with Gasteiger partial charge in [0, 0.05) is 19.0 Å². The molecule has 1 unspecified atom stereocenters. The molecule has 0 aliphatic carbocycles. The summed E-state index contributed by atoms with van der Waals surface area (Å²) in [6, 6.07) is 0.270. The highest BCUT2D eigenvalue weighted by Crippen LogP contribution is 2.17. The van der Waals surface area contributed by atoms with E-state index in [1.807, 2.05) is 13.8 Å². The molecule has 1 aliphatic heterocycles. The Balaban J connectivity index is 2.21. The summed E-state index contributed by atoms with van der Waals surface area (Å²) in [7, 11) is 2.11. The molecular weight excluding hydrogens is 164 g/mol. The molecule has 1 fully saturated rings. The summed E-state index contributed by atoms with van der Waals surface area (Å²) in [5.74, 6) is 0.777. The number of nitrogens with one attached hydrogen (secondary N) is 1. The van der Waals surface area contributed by atoms with E-state index in [1.54, 1.807) is 0 Å². The maximum absolute atomic E-state index is 11.4. The van der Waals surface area contributed by atoms with Crippen molar-refractivity contribution in [2.45, 2.75) is 32.7 Å². The fourth-order valence-corrected chi connectivity index (χ4v) is 1.84. The van der Waals surface area contributed by atoms with E-state index in [4.69, 9.17) is 0 Å². The standard InChI is InChI=1S/C10H20N2O/c1-8(2)11-10(13)6-9-4-5-12(3)7-9/h8-9H,4-7H2,1-3H3,(H,11,13). The number of hydrogen-bond acceptors (Lipinski definition) is 2. The highest BCUT2D eigenvalue weighted by molar-refractivity contribution is 5.76. The van der Waals surface area contributed by atoms with E-state index in [0.29, 0.717) is 12.3 Å². The molecule has 0 bridgehead atoms. The van der Waals surface area contributed by atoms with E-state index in [0.717, 1.165) is 13.1 Å². The fraction of sp³-hybridized carbons (Fsp3) is 0.900. The van der Waals surface area contributed by atoms with Gasteiger partial charge in [0.25, 0.3) is 0 Å². The molecule has 1 saturated heterocycles. The van der Waals surface area contributed by atoms with E-state index in [2.05, 4.69) is 17.3 Å². The Morgan fingerprint density at radius 1 is 1.62 bits per heavy atom. The van der Waals surface area contributed by atoms with Crippen LogP contribution in [0.4, 0.5) is 0 Å². The van der Waals surface area contributed by atoms with Crippen molar-refractivity contribution in [3.63, 3.8) is 0 Å². The summed E-state index contributed by atoms with van der Waals surface area (Å²) in [6.07, 6.45) is 1.87. The van der Waals surface area contributed by atoms with E-state index < -0.39 is 0 Å². The molecule has 3 heteroatoms. The molecule has 0 saturated carbocycles. The molecule has 1 amide bonds. The van der Waals surface area contributed by atoms with Crippen molar-refractivity contribution in [3.8, 4) is 0 Å². The predicted molar refractivity (Wildman–Crippen MR) is 53.5 cm³/mol. The van der Waals surface area contributed by atoms with Crippen LogP contribution in [0.3, 0.4) is 0 Å². The van der Waals surface area contributed by atoms with Gasteiger partial charge in [0.15, 0.2) is 0 Å². The van der Waals surface area contributed by atoms with E-state index in [-0.39, 0.29) is 11.9 Å². The maximum atomic E-state index is 11.4. The Kier molecular flexibility index (Phi) is 3.72. The summed E-state index contributed by atoms with van der Waals surface area (Å²) in [5, 5.41) is 2.93. The third-order valence-electron chi connectivity index (χ3n) is 2.41. The van der Waals surface area contributed by atoms with Gasteiger partial charge < -0.3 is 10.2 Å². The molecule has 3 nitrogen and oxygen atoms in total. The summed E-state index contributed by atoms with van der Waals surface area (Å²) in [6.45, 7) is 6.21. The summed E-state index contributed by atoms with van der Waals surface area (Å²) in [5.41, 5.74) is 0. The number of carbonyl (C=O) groups is 1. The van der Waals surface area contributed by atoms with E-state index >= 15 is 0 Å². The number of carbonyl (C=O) groups excluding carboxylic acids is 1. The third-order valence-corrected chi connectivity index (χ3v) is 2.41. The lowest BCUT2D eigenvalue weighted by Gasteiger charge is -2.12. The SMILES string of the molecule is CC(C)NC(=O)CC1CCN(C)C1. The Morgan fingerprint density at radius 2 is 2.31 bits per heavy atom. The second kappa shape index (κ2) is 4.61. The highest BCUT2D eigenvalue weighted by atomic mass is 16.1. The number of nitrogens with zero attached hydrogens (tertiary/aromatic N) is 1. The minimum atomic E-state index is 0.204. The van der Waals surface area contributed by atoms with Crippen molar-refractivity contribution < 1.29 is 4.79 Å². The topological polar surface area (TPSA) is 32.3 Å². The van der Waals surface area contributed by atoms with E-state index in [1.165, 1.54) is 6.42 Å². The molecule has 0 spiro atoms. The van der Waals surface area contributed by atoms with Crippen LogP contribution in [0.5, 0.6) is 0 Å². The van der Waals surface area contributed by atoms with Gasteiger partial charge >= 0.3 is 0 Å². The normalized spacial score (nSPS) is 23.8. The lowest BCUT2D eigenvalue weighted by Crippen LogP contribution is -2.31. The first-order chi connectivity index (χ1) is 6.08. The molecule has 1 rings (SSSR count). The van der Waals surface area contributed by atoms with Crippen LogP contribution in [-0.4, -0.2) is 37.0 Å². The second-order valence-corrected chi connectivity index (χ2v) is 4.34. The molecule has 1 atom stereocenters. The Bertz CT molecular complexity index is 180. The Labute approximate surface area is 80.5 Å². The summed E-state index contributed by atoms with van der Waals surface area (Å²) >= 11 is 0. The summed E-state index contributed by atoms with van der Waals surface area (Å²) in [4.78, 5) is 13.7. The lowest BCUT2D eigenvalue weighted by molar-refractivity contribution is -0.122. The zero-order chi connectivity index (χ0) is 9.84. The minimum Gasteiger partial charge on any atom is -0.354 e. The smallest absolute Gasteiger partial charge is 0.220 e. The third kappa shape index (κ3) is 3.77. The van der Waals surface area contributed by atoms with Gasteiger partial charge in [0.2, 0.25) is 5.91 Å². The first kappa shape index (κ1) is 10.5. The predicted octanol–water partition coefficient (Wildman–Crippen LogP) is 0.853. The molecule has 13 heavy (non-hydrogen) atoms. The van der Waals surface area contributed by atoms with Gasteiger partial charge in [-0.15, -0.1) is 0 Å². The molecule has 1 heterocycles. The van der Waals surface area contributed by atoms with Crippen molar-refractivity contribution in [1.29, 1.82) is 0 Å². The van der Waals surface area contributed by atoms with Crippen LogP contribution >= 0.6 is 0 Å². The zero-order valence-electron chi connectivity index (χ0n) is 8.84. The van der Waals surface area contributed by atoms with Gasteiger partial charge in [-0.3, -0.25) is 4.79 Å². The van der Waals surface area contributed by atoms with Crippen LogP contribution in [0.15, 0.2) is 0 Å². The average molecular weight is 184 g/mol. The van der Waals surface area contributed by atoms with Gasteiger partial charge in [-0.1, -0.05) is 0 Å². The first-order valence-corrected chi connectivity index (χ1v) is 5.06. The minimum absolute atomic E-state index is 0.204. The van der Waals surface area contributed by atoms with Crippen LogP contribution in [0, 0.1) is 5.92 Å². The first-order valence-electron chi connectivity index (χ1n) is 5.06. The highest BCUT2D eigenvalue weighted by Gasteiger charge is 2.21. The van der Waals surface area contributed by atoms with Gasteiger partial charge in [-0.05, 0) is 39.8 Å². The quantitative estimate of drug-likeness (QED) is 0.705. The lowest BCUT2D eigenvalue weighted by atomic mass is 10.0. The molecule has 1 N–H and O–H groups in total. The van der Waals surface area contributed by atoms with Crippen LogP contribution in [0.25, 0.3) is 0 Å². The van der Waals surface area contributed by atoms with Gasteiger partial charge in [0.1, 0.15) is 0 Å². The zero-order valence-corrected chi connectivity index (χ0v) is 8.84. The summed E-state index contributed by atoms with van der Waals surface area (Å²) < 4.78 is 0. The van der Waals surface area contributed by atoms with Crippen LogP contribution < -0.4 is 5.32 Å². The molecule has 0 aromatic heterocycles. The van der Waals surface area contributed by atoms with Crippen molar-refractivity contribution in [3.05, 3.63) is 0 Å². The molecule has 0 radical (unpaired) electrons. The second-order valence-electron chi connectivity index (χ2n) is 4.34. The maximum Gasteiger partial charge on any atom is 0.220 e. The van der Waals surface area contributed by atoms with Gasteiger partial charge in [-0.25, -0.2) is 0 Å². The largest absolute Gasteiger partial charge is 0.354 e. The van der Waals surface area contributed by atoms with Gasteiger partial charge in [-0.2, -0.15) is 0 Å². The number of hydrogen-bond donors (Lipinski definition) is 1. The van der Waals surface area contributed by atoms with E-state index in [9.17, 15) is 4.79 Å². The van der Waals surface area contributed by atoms with Gasteiger partial charge in [0.05, 0.1) is 0 Å². The molecule has 0 aromatic carbocycles. The van der Waals surface area contributed by atoms with Crippen molar-refractivity contribution in [2.75, 3.05) is 20.1 Å². The molecule has 0 aromatic rings. The fourth-order valence-electron chi connectivity index (χ4n) is 1.84. The number of rotatable bonds is 3.